The second kappa shape index (κ2) is 11.2. The van der Waals surface area contributed by atoms with Crippen LogP contribution in [0.1, 0.15) is 52.9 Å². The number of fused-ring (bicyclic) bond motifs is 1. The number of ether oxygens (including phenoxy) is 1. The maximum Gasteiger partial charge on any atom is 0.258 e. The van der Waals surface area contributed by atoms with Gasteiger partial charge in [-0.1, -0.05) is 60.7 Å². The third kappa shape index (κ3) is 5.91. The average molecular weight is 535 g/mol. The molecular formula is C33H34N4O3. The van der Waals surface area contributed by atoms with E-state index in [9.17, 15) is 9.59 Å². The molecule has 40 heavy (non-hydrogen) atoms. The van der Waals surface area contributed by atoms with E-state index in [0.29, 0.717) is 29.8 Å². The van der Waals surface area contributed by atoms with Gasteiger partial charge < -0.3 is 10.1 Å². The number of aromatic nitrogens is 2. The fourth-order valence-electron chi connectivity index (χ4n) is 5.83. The van der Waals surface area contributed by atoms with Gasteiger partial charge in [0.15, 0.2) is 5.78 Å². The number of Topliss-reactive ketones (excluding diaryl/α,β-unsaturated/α-hetero) is 1. The van der Waals surface area contributed by atoms with Gasteiger partial charge in [-0.25, -0.2) is 0 Å². The SMILES string of the molecule is C[C@@H]1CN(Cc2ccc3c(c2)C=C(C2=CC(NC(=O)c4cnn(Cc5ccccc5)c4)=CCC2=O)C3)C[C@H](C)O1. The van der Waals surface area contributed by atoms with E-state index < -0.39 is 0 Å². The molecule has 2 heterocycles. The van der Waals surface area contributed by atoms with Gasteiger partial charge in [-0.15, -0.1) is 0 Å². The zero-order valence-corrected chi connectivity index (χ0v) is 23.0. The lowest BCUT2D eigenvalue weighted by Gasteiger charge is -2.35. The van der Waals surface area contributed by atoms with E-state index in [0.717, 1.165) is 30.8 Å². The van der Waals surface area contributed by atoms with Crippen molar-refractivity contribution in [3.8, 4) is 0 Å². The molecule has 0 radical (unpaired) electrons. The van der Waals surface area contributed by atoms with Crippen LogP contribution in [0.2, 0.25) is 0 Å². The van der Waals surface area contributed by atoms with Crippen LogP contribution in [0.5, 0.6) is 0 Å². The number of amides is 1. The minimum atomic E-state index is -0.240. The highest BCUT2D eigenvalue weighted by molar-refractivity contribution is 6.04. The number of benzene rings is 2. The Morgan fingerprint density at radius 3 is 2.62 bits per heavy atom. The fraction of sp³-hybridized carbons (Fsp3) is 0.303. The minimum Gasteiger partial charge on any atom is -0.373 e. The average Bonchev–Trinajstić information content (AvgIpc) is 3.57. The molecule has 3 aliphatic rings. The molecule has 0 spiro atoms. The lowest BCUT2D eigenvalue weighted by Crippen LogP contribution is -2.44. The summed E-state index contributed by atoms with van der Waals surface area (Å²) in [4.78, 5) is 28.3. The van der Waals surface area contributed by atoms with Gasteiger partial charge in [0, 0.05) is 43.5 Å². The molecule has 2 aromatic carbocycles. The number of ketones is 1. The molecular weight excluding hydrogens is 500 g/mol. The highest BCUT2D eigenvalue weighted by Crippen LogP contribution is 2.33. The van der Waals surface area contributed by atoms with Gasteiger partial charge >= 0.3 is 0 Å². The topological polar surface area (TPSA) is 76.5 Å². The number of nitrogens with one attached hydrogen (secondary N) is 1. The molecule has 2 aliphatic carbocycles. The Hall–Kier alpha value is -4.07. The van der Waals surface area contributed by atoms with Gasteiger partial charge in [0.25, 0.3) is 5.91 Å². The van der Waals surface area contributed by atoms with E-state index in [4.69, 9.17) is 4.74 Å². The predicted molar refractivity (Wildman–Crippen MR) is 154 cm³/mol. The second-order valence-corrected chi connectivity index (χ2v) is 11.0. The third-order valence-electron chi connectivity index (χ3n) is 7.62. The smallest absolute Gasteiger partial charge is 0.258 e. The van der Waals surface area contributed by atoms with Crippen LogP contribution in [-0.4, -0.2) is 51.7 Å². The van der Waals surface area contributed by atoms with Crippen molar-refractivity contribution in [1.82, 2.24) is 20.0 Å². The number of allylic oxidation sites excluding steroid dienone is 4. The van der Waals surface area contributed by atoms with Crippen molar-refractivity contribution in [2.75, 3.05) is 13.1 Å². The van der Waals surface area contributed by atoms with Crippen LogP contribution < -0.4 is 5.32 Å². The molecule has 0 bridgehead atoms. The standard InChI is InChI=1S/C33H34N4O3/c1-22-17-36(18-23(2)40-22)19-25-8-9-26-13-28(14-27(26)12-25)31-15-30(10-11-32(31)38)35-33(39)29-16-34-37(21-29)20-24-6-4-3-5-7-24/h3-10,12,14-16,21-23H,11,13,17-20H2,1-2H3,(H,35,39)/t22-,23+. The summed E-state index contributed by atoms with van der Waals surface area (Å²) in [6.07, 6.45) is 10.5. The highest BCUT2D eigenvalue weighted by Gasteiger charge is 2.25. The lowest BCUT2D eigenvalue weighted by atomic mass is 9.93. The van der Waals surface area contributed by atoms with Crippen molar-refractivity contribution >= 4 is 17.8 Å². The Morgan fingerprint density at radius 1 is 1.02 bits per heavy atom. The zero-order valence-electron chi connectivity index (χ0n) is 23.0. The monoisotopic (exact) mass is 534 g/mol. The van der Waals surface area contributed by atoms with E-state index in [1.54, 1.807) is 23.2 Å². The molecule has 7 heteroatoms. The summed E-state index contributed by atoms with van der Waals surface area (Å²) in [5, 5.41) is 7.30. The highest BCUT2D eigenvalue weighted by atomic mass is 16.5. The van der Waals surface area contributed by atoms with Crippen LogP contribution in [-0.2, 0) is 29.0 Å². The van der Waals surface area contributed by atoms with Crippen LogP contribution in [0, 0.1) is 0 Å². The Morgan fingerprint density at radius 2 is 1.82 bits per heavy atom. The van der Waals surface area contributed by atoms with Gasteiger partial charge in [-0.2, -0.15) is 5.10 Å². The Labute approximate surface area is 234 Å². The van der Waals surface area contributed by atoms with Crippen molar-refractivity contribution in [3.05, 3.63) is 118 Å². The van der Waals surface area contributed by atoms with Crippen LogP contribution in [0.3, 0.4) is 0 Å². The van der Waals surface area contributed by atoms with Crippen LogP contribution >= 0.6 is 0 Å². The van der Waals surface area contributed by atoms with Crippen molar-refractivity contribution in [2.24, 2.45) is 0 Å². The summed E-state index contributed by atoms with van der Waals surface area (Å²) in [6.45, 7) is 7.59. The number of carbonyl (C=O) groups excluding carboxylic acids is 2. The number of hydrogen-bond donors (Lipinski definition) is 1. The maximum atomic E-state index is 13.0. The predicted octanol–water partition coefficient (Wildman–Crippen LogP) is 4.69. The number of carbonyl (C=O) groups is 2. The normalized spacial score (nSPS) is 20.9. The molecule has 1 aliphatic heterocycles. The molecule has 1 fully saturated rings. The molecule has 0 unspecified atom stereocenters. The van der Waals surface area contributed by atoms with Gasteiger partial charge in [0.1, 0.15) is 0 Å². The molecule has 3 aromatic rings. The zero-order chi connectivity index (χ0) is 27.6. The van der Waals surface area contributed by atoms with E-state index in [-0.39, 0.29) is 30.3 Å². The molecule has 1 aromatic heterocycles. The third-order valence-corrected chi connectivity index (χ3v) is 7.62. The molecule has 7 nitrogen and oxygen atoms in total. The van der Waals surface area contributed by atoms with E-state index >= 15 is 0 Å². The Kier molecular flexibility index (Phi) is 7.32. The summed E-state index contributed by atoms with van der Waals surface area (Å²) in [6, 6.07) is 16.6. The van der Waals surface area contributed by atoms with Crippen LogP contribution in [0.4, 0.5) is 0 Å². The van der Waals surface area contributed by atoms with Crippen molar-refractivity contribution in [2.45, 2.75) is 52.0 Å². The van der Waals surface area contributed by atoms with Crippen molar-refractivity contribution in [1.29, 1.82) is 0 Å². The molecule has 204 valence electrons. The first-order valence-electron chi connectivity index (χ1n) is 13.9. The fourth-order valence-corrected chi connectivity index (χ4v) is 5.83. The first kappa shape index (κ1) is 26.2. The first-order valence-corrected chi connectivity index (χ1v) is 13.9. The number of nitrogens with zero attached hydrogens (tertiary/aromatic N) is 3. The largest absolute Gasteiger partial charge is 0.373 e. The van der Waals surface area contributed by atoms with Gasteiger partial charge in [0.2, 0.25) is 0 Å². The quantitative estimate of drug-likeness (QED) is 0.476. The molecule has 1 saturated heterocycles. The lowest BCUT2D eigenvalue weighted by molar-refractivity contribution is -0.114. The number of rotatable bonds is 7. The van der Waals surface area contributed by atoms with Gasteiger partial charge in [-0.05, 0) is 54.2 Å². The summed E-state index contributed by atoms with van der Waals surface area (Å²) in [7, 11) is 0. The van der Waals surface area contributed by atoms with Gasteiger partial charge in [0.05, 0.1) is 30.5 Å². The maximum absolute atomic E-state index is 13.0. The van der Waals surface area contributed by atoms with E-state index in [1.165, 1.54) is 16.7 Å². The Bertz CT molecular complexity index is 1520. The van der Waals surface area contributed by atoms with E-state index in [2.05, 4.69) is 53.4 Å². The summed E-state index contributed by atoms with van der Waals surface area (Å²) in [5.41, 5.74) is 7.57. The summed E-state index contributed by atoms with van der Waals surface area (Å²) >= 11 is 0. The summed E-state index contributed by atoms with van der Waals surface area (Å²) in [5.74, 6) is -0.167. The molecule has 2 atom stereocenters. The molecule has 0 saturated carbocycles. The van der Waals surface area contributed by atoms with Crippen molar-refractivity contribution in [3.63, 3.8) is 0 Å². The van der Waals surface area contributed by atoms with Crippen LogP contribution in [0.15, 0.2) is 89.9 Å². The first-order chi connectivity index (χ1) is 19.4. The van der Waals surface area contributed by atoms with Crippen molar-refractivity contribution < 1.29 is 14.3 Å². The Balaban J connectivity index is 1.12. The van der Waals surface area contributed by atoms with Gasteiger partial charge in [-0.3, -0.25) is 19.2 Å². The summed E-state index contributed by atoms with van der Waals surface area (Å²) < 4.78 is 7.63. The molecule has 1 N–H and O–H groups in total. The number of morpholine rings is 1. The second-order valence-electron chi connectivity index (χ2n) is 11.0. The van der Waals surface area contributed by atoms with Crippen LogP contribution in [0.25, 0.3) is 6.08 Å². The number of hydrogen-bond acceptors (Lipinski definition) is 5. The van der Waals surface area contributed by atoms with E-state index in [1.807, 2.05) is 36.4 Å². The minimum absolute atomic E-state index is 0.0734. The molecule has 6 rings (SSSR count). The molecule has 1 amide bonds.